The molecule has 3 rings (SSSR count). The Kier molecular flexibility index (Phi) is 4.29. The molecule has 2 atom stereocenters. The monoisotopic (exact) mass is 317 g/mol. The second kappa shape index (κ2) is 6.36. The molecule has 0 spiro atoms. The number of benzene rings is 1. The van der Waals surface area contributed by atoms with E-state index in [1.54, 1.807) is 25.4 Å². The Morgan fingerprint density at radius 1 is 1.36 bits per heavy atom. The summed E-state index contributed by atoms with van der Waals surface area (Å²) in [4.78, 5) is 18.1. The summed E-state index contributed by atoms with van der Waals surface area (Å²) >= 11 is 1.63. The van der Waals surface area contributed by atoms with Gasteiger partial charge in [0, 0.05) is 37.5 Å². The summed E-state index contributed by atoms with van der Waals surface area (Å²) in [6.07, 6.45) is 1.81. The lowest BCUT2D eigenvalue weighted by molar-refractivity contribution is -0.119. The summed E-state index contributed by atoms with van der Waals surface area (Å²) < 4.78 is 5.21. The summed E-state index contributed by atoms with van der Waals surface area (Å²) in [5.41, 5.74) is 1.21. The fraction of sp³-hybridized carbons (Fsp3) is 0.375. The third kappa shape index (κ3) is 3.06. The molecule has 0 bridgehead atoms. The van der Waals surface area contributed by atoms with Gasteiger partial charge in [0.25, 0.3) is 0 Å². The van der Waals surface area contributed by atoms with Gasteiger partial charge in [0.1, 0.15) is 5.75 Å². The van der Waals surface area contributed by atoms with Gasteiger partial charge in [-0.05, 0) is 17.7 Å². The number of thiazole rings is 1. The number of amides is 1. The van der Waals surface area contributed by atoms with E-state index in [9.17, 15) is 4.79 Å². The molecule has 2 aromatic rings. The van der Waals surface area contributed by atoms with E-state index in [1.165, 1.54) is 5.56 Å². The first-order chi connectivity index (χ1) is 10.7. The second-order valence-corrected chi connectivity index (χ2v) is 6.28. The first-order valence-corrected chi connectivity index (χ1v) is 8.11. The quantitative estimate of drug-likeness (QED) is 0.940. The molecule has 1 aromatic heterocycles. The molecule has 116 valence electrons. The second-order valence-electron chi connectivity index (χ2n) is 5.41. The Morgan fingerprint density at radius 3 is 2.73 bits per heavy atom. The van der Waals surface area contributed by atoms with E-state index in [0.717, 1.165) is 24.0 Å². The molecule has 1 saturated heterocycles. The molecule has 6 heteroatoms. The molecule has 0 unspecified atom stereocenters. The van der Waals surface area contributed by atoms with E-state index in [-0.39, 0.29) is 17.9 Å². The number of carbonyl (C=O) groups excluding carboxylic acids is 1. The van der Waals surface area contributed by atoms with Crippen LogP contribution in [0.3, 0.4) is 0 Å². The Bertz CT molecular complexity index is 627. The average molecular weight is 317 g/mol. The van der Waals surface area contributed by atoms with E-state index >= 15 is 0 Å². The van der Waals surface area contributed by atoms with Crippen LogP contribution < -0.4 is 15.0 Å². The van der Waals surface area contributed by atoms with Crippen molar-refractivity contribution in [2.75, 3.05) is 25.1 Å². The van der Waals surface area contributed by atoms with Gasteiger partial charge in [-0.25, -0.2) is 4.98 Å². The summed E-state index contributed by atoms with van der Waals surface area (Å²) in [6, 6.07) is 8.17. The number of methoxy groups -OCH3 is 1. The third-order valence-electron chi connectivity index (χ3n) is 3.94. The van der Waals surface area contributed by atoms with Crippen molar-refractivity contribution >= 4 is 22.4 Å². The smallest absolute Gasteiger partial charge is 0.217 e. The number of ether oxygens (including phenoxy) is 1. The van der Waals surface area contributed by atoms with E-state index in [4.69, 9.17) is 4.74 Å². The van der Waals surface area contributed by atoms with Crippen molar-refractivity contribution in [3.63, 3.8) is 0 Å². The van der Waals surface area contributed by atoms with Gasteiger partial charge in [0.15, 0.2) is 5.13 Å². The number of carbonyl (C=O) groups is 1. The largest absolute Gasteiger partial charge is 0.497 e. The van der Waals surface area contributed by atoms with E-state index < -0.39 is 0 Å². The van der Waals surface area contributed by atoms with E-state index in [0.29, 0.717) is 0 Å². The van der Waals surface area contributed by atoms with Crippen LogP contribution in [-0.4, -0.2) is 37.1 Å². The van der Waals surface area contributed by atoms with Gasteiger partial charge in [-0.15, -0.1) is 11.3 Å². The lowest BCUT2D eigenvalue weighted by atomic mass is 9.94. The lowest BCUT2D eigenvalue weighted by Crippen LogP contribution is -2.38. The van der Waals surface area contributed by atoms with Crippen LogP contribution in [0.4, 0.5) is 5.13 Å². The maximum Gasteiger partial charge on any atom is 0.217 e. The van der Waals surface area contributed by atoms with Crippen LogP contribution in [0.25, 0.3) is 0 Å². The zero-order chi connectivity index (χ0) is 15.5. The molecule has 0 radical (unpaired) electrons. The van der Waals surface area contributed by atoms with Gasteiger partial charge in [-0.1, -0.05) is 12.1 Å². The topological polar surface area (TPSA) is 54.5 Å². The van der Waals surface area contributed by atoms with Crippen molar-refractivity contribution in [2.24, 2.45) is 0 Å². The SMILES string of the molecule is COc1ccc([C@@H]2CN(c3nccs3)C[C@H]2NC(C)=O)cc1. The average Bonchev–Trinajstić information content (AvgIpc) is 3.16. The van der Waals surface area contributed by atoms with Crippen LogP contribution in [0.1, 0.15) is 18.4 Å². The summed E-state index contributed by atoms with van der Waals surface area (Å²) in [7, 11) is 1.66. The number of rotatable bonds is 4. The third-order valence-corrected chi connectivity index (χ3v) is 4.77. The highest BCUT2D eigenvalue weighted by molar-refractivity contribution is 7.13. The first kappa shape index (κ1) is 14.8. The Morgan fingerprint density at radius 2 is 2.14 bits per heavy atom. The van der Waals surface area contributed by atoms with Crippen molar-refractivity contribution in [1.82, 2.24) is 10.3 Å². The van der Waals surface area contributed by atoms with Crippen molar-refractivity contribution in [3.05, 3.63) is 41.4 Å². The molecule has 0 aliphatic carbocycles. The highest BCUT2D eigenvalue weighted by Crippen LogP contribution is 2.32. The van der Waals surface area contributed by atoms with Crippen LogP contribution in [0.2, 0.25) is 0 Å². The van der Waals surface area contributed by atoms with Crippen molar-refractivity contribution in [1.29, 1.82) is 0 Å². The van der Waals surface area contributed by atoms with Crippen LogP contribution >= 0.6 is 11.3 Å². The molecule has 5 nitrogen and oxygen atoms in total. The normalized spacial score (nSPS) is 20.9. The first-order valence-electron chi connectivity index (χ1n) is 7.23. The summed E-state index contributed by atoms with van der Waals surface area (Å²) in [5.74, 6) is 1.10. The fourth-order valence-corrected chi connectivity index (χ4v) is 3.59. The van der Waals surface area contributed by atoms with Crippen LogP contribution in [-0.2, 0) is 4.79 Å². The lowest BCUT2D eigenvalue weighted by Gasteiger charge is -2.19. The standard InChI is InChI=1S/C16H19N3O2S/c1-11(20)18-15-10-19(16-17-7-8-22-16)9-14(15)12-3-5-13(21-2)6-4-12/h3-8,14-15H,9-10H2,1-2H3,(H,18,20)/t14-,15+/m0/s1. The Labute approximate surface area is 133 Å². The molecule has 1 aliphatic heterocycles. The molecule has 2 heterocycles. The number of nitrogens with one attached hydrogen (secondary N) is 1. The number of hydrogen-bond acceptors (Lipinski definition) is 5. The Balaban J connectivity index is 1.83. The molecular formula is C16H19N3O2S. The summed E-state index contributed by atoms with van der Waals surface area (Å²) in [5, 5.41) is 6.06. The van der Waals surface area contributed by atoms with Crippen molar-refractivity contribution < 1.29 is 9.53 Å². The zero-order valence-corrected chi connectivity index (χ0v) is 13.5. The van der Waals surface area contributed by atoms with Gasteiger partial charge in [-0.2, -0.15) is 0 Å². The maximum atomic E-state index is 11.5. The highest BCUT2D eigenvalue weighted by Gasteiger charge is 2.35. The van der Waals surface area contributed by atoms with E-state index in [1.807, 2.05) is 23.7 Å². The zero-order valence-electron chi connectivity index (χ0n) is 12.7. The van der Waals surface area contributed by atoms with Gasteiger partial charge >= 0.3 is 0 Å². The van der Waals surface area contributed by atoms with Gasteiger partial charge in [0.05, 0.1) is 13.2 Å². The maximum absolute atomic E-state index is 11.5. The molecule has 1 N–H and O–H groups in total. The predicted octanol–water partition coefficient (Wildman–Crippen LogP) is 2.26. The molecule has 0 saturated carbocycles. The minimum atomic E-state index is 0.00417. The Hall–Kier alpha value is -2.08. The van der Waals surface area contributed by atoms with Gasteiger partial charge < -0.3 is 15.0 Å². The number of anilines is 1. The number of aromatic nitrogens is 1. The minimum Gasteiger partial charge on any atom is -0.497 e. The van der Waals surface area contributed by atoms with Crippen molar-refractivity contribution in [3.8, 4) is 5.75 Å². The van der Waals surface area contributed by atoms with Crippen LogP contribution in [0, 0.1) is 0 Å². The van der Waals surface area contributed by atoms with Gasteiger partial charge in [-0.3, -0.25) is 4.79 Å². The fourth-order valence-electron chi connectivity index (χ4n) is 2.93. The number of hydrogen-bond donors (Lipinski definition) is 1. The molecule has 1 fully saturated rings. The van der Waals surface area contributed by atoms with Crippen LogP contribution in [0.5, 0.6) is 5.75 Å². The summed E-state index contributed by atoms with van der Waals surface area (Å²) in [6.45, 7) is 3.20. The number of nitrogens with zero attached hydrogens (tertiary/aromatic N) is 2. The van der Waals surface area contributed by atoms with Gasteiger partial charge in [0.2, 0.25) is 5.91 Å². The van der Waals surface area contributed by atoms with E-state index in [2.05, 4.69) is 27.3 Å². The van der Waals surface area contributed by atoms with Crippen molar-refractivity contribution in [2.45, 2.75) is 18.9 Å². The highest BCUT2D eigenvalue weighted by atomic mass is 32.1. The van der Waals surface area contributed by atoms with Crippen LogP contribution in [0.15, 0.2) is 35.8 Å². The minimum absolute atomic E-state index is 0.00417. The molecule has 1 aliphatic rings. The predicted molar refractivity (Wildman–Crippen MR) is 87.7 cm³/mol. The molecular weight excluding hydrogens is 298 g/mol. The molecule has 1 amide bonds. The molecule has 22 heavy (non-hydrogen) atoms. The molecule has 1 aromatic carbocycles.